The van der Waals surface area contributed by atoms with Crippen LogP contribution in [0.2, 0.25) is 0 Å². The number of carbonyl (C=O) groups is 2. The van der Waals surface area contributed by atoms with Crippen molar-refractivity contribution in [3.63, 3.8) is 0 Å². The van der Waals surface area contributed by atoms with Gasteiger partial charge in [-0.15, -0.1) is 0 Å². The highest BCUT2D eigenvalue weighted by Crippen LogP contribution is 2.37. The Morgan fingerprint density at radius 1 is 1.23 bits per heavy atom. The van der Waals surface area contributed by atoms with E-state index in [4.69, 9.17) is 14.2 Å². The van der Waals surface area contributed by atoms with Crippen molar-refractivity contribution in [2.45, 2.75) is 52.5 Å². The molecular formula is C23H29BrN2O5. The molecule has 2 rings (SSSR count). The van der Waals surface area contributed by atoms with Crippen LogP contribution in [0.1, 0.15) is 52.0 Å². The Hall–Kier alpha value is -2.53. The Bertz CT molecular complexity index is 862. The number of hydrogen-bond acceptors (Lipinski definition) is 6. The average Bonchev–Trinajstić information content (AvgIpc) is 2.73. The number of esters is 1. The Kier molecular flexibility index (Phi) is 9.86. The lowest BCUT2D eigenvalue weighted by molar-refractivity contribution is -0.145. The third-order valence-corrected chi connectivity index (χ3v) is 5.66. The molecule has 1 amide bonds. The fourth-order valence-corrected chi connectivity index (χ4v) is 4.07. The van der Waals surface area contributed by atoms with Gasteiger partial charge in [0.15, 0.2) is 18.1 Å². The molecule has 0 heterocycles. The van der Waals surface area contributed by atoms with Gasteiger partial charge < -0.3 is 19.5 Å². The van der Waals surface area contributed by atoms with Crippen molar-refractivity contribution in [1.29, 1.82) is 5.26 Å². The summed E-state index contributed by atoms with van der Waals surface area (Å²) < 4.78 is 16.6. The standard InChI is InChI=1S/C23H29BrN2O5/c1-4-29-20-12-16(11-18(24)22(20)31-14-21(27)30-5-2)10-17(13-25)23(28)26-19-9-7-6-8-15(19)3/h10-12,15,19H,4-9,14H2,1-3H3,(H,26,28)/b17-10+/t15-,19-/m1/s1. The highest BCUT2D eigenvalue weighted by Gasteiger charge is 2.24. The van der Waals surface area contributed by atoms with Gasteiger partial charge in [0.25, 0.3) is 5.91 Å². The van der Waals surface area contributed by atoms with Crippen LogP contribution in [-0.4, -0.2) is 37.7 Å². The van der Waals surface area contributed by atoms with Gasteiger partial charge in [-0.1, -0.05) is 19.8 Å². The van der Waals surface area contributed by atoms with E-state index in [0.717, 1.165) is 19.3 Å². The molecule has 168 valence electrons. The molecule has 7 nitrogen and oxygen atoms in total. The SMILES string of the molecule is CCOC(=O)COc1c(Br)cc(/C=C(\C#N)C(=O)N[C@@H]2CCCC[C@H]2C)cc1OCC. The topological polar surface area (TPSA) is 97.7 Å². The molecule has 0 aliphatic heterocycles. The van der Waals surface area contributed by atoms with E-state index in [2.05, 4.69) is 28.2 Å². The molecule has 0 saturated heterocycles. The summed E-state index contributed by atoms with van der Waals surface area (Å²) in [6.45, 7) is 6.06. The second-order valence-corrected chi connectivity index (χ2v) is 8.22. The fraction of sp³-hybridized carbons (Fsp3) is 0.522. The molecule has 0 spiro atoms. The van der Waals surface area contributed by atoms with E-state index in [0.29, 0.717) is 34.1 Å². The van der Waals surface area contributed by atoms with Crippen LogP contribution in [0.3, 0.4) is 0 Å². The molecule has 0 aromatic heterocycles. The van der Waals surface area contributed by atoms with E-state index < -0.39 is 5.97 Å². The Balaban J connectivity index is 2.22. The molecule has 1 aromatic rings. The third-order valence-electron chi connectivity index (χ3n) is 5.08. The van der Waals surface area contributed by atoms with Crippen molar-refractivity contribution in [2.24, 2.45) is 5.92 Å². The minimum Gasteiger partial charge on any atom is -0.490 e. The largest absolute Gasteiger partial charge is 0.490 e. The maximum Gasteiger partial charge on any atom is 0.344 e. The second kappa shape index (κ2) is 12.4. The first-order valence-corrected chi connectivity index (χ1v) is 11.4. The molecule has 8 heteroatoms. The minimum atomic E-state index is -0.485. The Morgan fingerprint density at radius 2 is 1.97 bits per heavy atom. The maximum atomic E-state index is 12.7. The molecule has 1 aliphatic carbocycles. The number of amides is 1. The number of hydrogen-bond donors (Lipinski definition) is 1. The van der Waals surface area contributed by atoms with E-state index >= 15 is 0 Å². The molecule has 1 aliphatic rings. The molecule has 1 saturated carbocycles. The summed E-state index contributed by atoms with van der Waals surface area (Å²) in [5.74, 6) is 0.281. The van der Waals surface area contributed by atoms with Gasteiger partial charge >= 0.3 is 5.97 Å². The number of benzene rings is 1. The van der Waals surface area contributed by atoms with Crippen molar-refractivity contribution < 1.29 is 23.8 Å². The predicted molar refractivity (Wildman–Crippen MR) is 121 cm³/mol. The fourth-order valence-electron chi connectivity index (χ4n) is 3.50. The van der Waals surface area contributed by atoms with Crippen molar-refractivity contribution in [2.75, 3.05) is 19.8 Å². The van der Waals surface area contributed by atoms with Crippen LogP contribution in [0.15, 0.2) is 22.2 Å². The van der Waals surface area contributed by atoms with Crippen LogP contribution in [0.25, 0.3) is 6.08 Å². The monoisotopic (exact) mass is 492 g/mol. The zero-order valence-electron chi connectivity index (χ0n) is 18.2. The molecule has 0 bridgehead atoms. The molecule has 1 fully saturated rings. The van der Waals surface area contributed by atoms with Gasteiger partial charge in [0, 0.05) is 6.04 Å². The molecule has 31 heavy (non-hydrogen) atoms. The van der Waals surface area contributed by atoms with Crippen molar-refractivity contribution in [3.05, 3.63) is 27.7 Å². The van der Waals surface area contributed by atoms with E-state index in [9.17, 15) is 14.9 Å². The highest BCUT2D eigenvalue weighted by atomic mass is 79.9. The van der Waals surface area contributed by atoms with Gasteiger partial charge in [0.05, 0.1) is 17.7 Å². The van der Waals surface area contributed by atoms with E-state index in [1.807, 2.05) is 13.0 Å². The molecule has 1 N–H and O–H groups in total. The summed E-state index contributed by atoms with van der Waals surface area (Å²) in [6.07, 6.45) is 5.78. The van der Waals surface area contributed by atoms with Gasteiger partial charge in [-0.25, -0.2) is 4.79 Å². The average molecular weight is 493 g/mol. The summed E-state index contributed by atoms with van der Waals surface area (Å²) >= 11 is 3.42. The van der Waals surface area contributed by atoms with Gasteiger partial charge in [-0.05, 0) is 72.3 Å². The van der Waals surface area contributed by atoms with Gasteiger partial charge in [0.1, 0.15) is 11.6 Å². The van der Waals surface area contributed by atoms with Crippen LogP contribution in [0.5, 0.6) is 11.5 Å². The first kappa shape index (κ1) is 24.7. The summed E-state index contributed by atoms with van der Waals surface area (Å²) in [5.41, 5.74) is 0.620. The number of nitrogens with one attached hydrogen (secondary N) is 1. The van der Waals surface area contributed by atoms with E-state index in [-0.39, 0.29) is 30.7 Å². The lowest BCUT2D eigenvalue weighted by atomic mass is 9.86. The Morgan fingerprint density at radius 3 is 2.61 bits per heavy atom. The van der Waals surface area contributed by atoms with Crippen LogP contribution in [-0.2, 0) is 14.3 Å². The summed E-state index contributed by atoms with van der Waals surface area (Å²) in [6, 6.07) is 5.45. The quantitative estimate of drug-likeness (QED) is 0.311. The van der Waals surface area contributed by atoms with Crippen LogP contribution < -0.4 is 14.8 Å². The molecule has 0 radical (unpaired) electrons. The van der Waals surface area contributed by atoms with Crippen LogP contribution in [0, 0.1) is 17.2 Å². The van der Waals surface area contributed by atoms with Gasteiger partial charge in [0.2, 0.25) is 0 Å². The summed E-state index contributed by atoms with van der Waals surface area (Å²) in [5, 5.41) is 12.5. The minimum absolute atomic E-state index is 0.0207. The smallest absolute Gasteiger partial charge is 0.344 e. The summed E-state index contributed by atoms with van der Waals surface area (Å²) in [7, 11) is 0. The molecular weight excluding hydrogens is 464 g/mol. The Labute approximate surface area is 191 Å². The van der Waals surface area contributed by atoms with E-state index in [1.54, 1.807) is 19.1 Å². The maximum absolute atomic E-state index is 12.7. The number of rotatable bonds is 9. The summed E-state index contributed by atoms with van der Waals surface area (Å²) in [4.78, 5) is 24.3. The number of ether oxygens (including phenoxy) is 3. The lowest BCUT2D eigenvalue weighted by Crippen LogP contribution is -2.41. The third kappa shape index (κ3) is 7.28. The number of nitriles is 1. The highest BCUT2D eigenvalue weighted by molar-refractivity contribution is 9.10. The van der Waals surface area contributed by atoms with Crippen molar-refractivity contribution in [3.8, 4) is 17.6 Å². The number of carbonyl (C=O) groups excluding carboxylic acids is 2. The van der Waals surface area contributed by atoms with Gasteiger partial charge in [-0.3, -0.25) is 4.79 Å². The zero-order valence-corrected chi connectivity index (χ0v) is 19.8. The van der Waals surface area contributed by atoms with Crippen LogP contribution >= 0.6 is 15.9 Å². The zero-order chi connectivity index (χ0) is 22.8. The number of nitrogens with zero attached hydrogens (tertiary/aromatic N) is 1. The van der Waals surface area contributed by atoms with Crippen LogP contribution in [0.4, 0.5) is 0 Å². The van der Waals surface area contributed by atoms with Crippen molar-refractivity contribution in [1.82, 2.24) is 5.32 Å². The molecule has 2 atom stereocenters. The normalized spacial score (nSPS) is 18.6. The number of halogens is 1. The van der Waals surface area contributed by atoms with Crippen molar-refractivity contribution >= 4 is 33.9 Å². The predicted octanol–water partition coefficient (Wildman–Crippen LogP) is 4.39. The lowest BCUT2D eigenvalue weighted by Gasteiger charge is -2.29. The van der Waals surface area contributed by atoms with Gasteiger partial charge in [-0.2, -0.15) is 5.26 Å². The van der Waals surface area contributed by atoms with E-state index in [1.165, 1.54) is 12.5 Å². The molecule has 1 aromatic carbocycles. The first-order valence-electron chi connectivity index (χ1n) is 10.6. The first-order chi connectivity index (χ1) is 14.9. The second-order valence-electron chi connectivity index (χ2n) is 7.37. The molecule has 0 unspecified atom stereocenters.